The van der Waals surface area contributed by atoms with Crippen molar-refractivity contribution >= 4 is 0 Å². The zero-order chi connectivity index (χ0) is 8.81. The van der Waals surface area contributed by atoms with Crippen LogP contribution in [0.5, 0.6) is 0 Å². The molecule has 0 N–H and O–H groups in total. The maximum absolute atomic E-state index is 4.89. The molecular formula is C12H8. The van der Waals surface area contributed by atoms with E-state index in [1.807, 2.05) is 0 Å². The van der Waals surface area contributed by atoms with Gasteiger partial charge in [-0.15, -0.1) is 6.42 Å². The summed E-state index contributed by atoms with van der Waals surface area (Å²) in [6.45, 7) is 2.19. The summed E-state index contributed by atoms with van der Waals surface area (Å²) in [6.07, 6.45) is 6.11. The molecule has 0 amide bonds. The summed E-state index contributed by atoms with van der Waals surface area (Å²) < 4.78 is 0. The van der Waals surface area contributed by atoms with Gasteiger partial charge in [-0.2, -0.15) is 0 Å². The number of rotatable bonds is 0. The molecule has 0 aromatic heterocycles. The SMILES string of the molecule is C#CC#CC#CC#CC1CC1C. The molecule has 12 heavy (non-hydrogen) atoms. The Labute approximate surface area is 73.7 Å². The van der Waals surface area contributed by atoms with Gasteiger partial charge in [0, 0.05) is 5.92 Å². The fourth-order valence-corrected chi connectivity index (χ4v) is 0.782. The largest absolute Gasteiger partial charge is 0.106 e. The van der Waals surface area contributed by atoms with Gasteiger partial charge < -0.3 is 0 Å². The Morgan fingerprint density at radius 3 is 2.25 bits per heavy atom. The third-order valence-corrected chi connectivity index (χ3v) is 1.69. The highest BCUT2D eigenvalue weighted by atomic mass is 14.3. The van der Waals surface area contributed by atoms with Crippen LogP contribution in [0.15, 0.2) is 0 Å². The second-order valence-corrected chi connectivity index (χ2v) is 2.73. The minimum Gasteiger partial charge on any atom is -0.106 e. The van der Waals surface area contributed by atoms with E-state index in [2.05, 4.69) is 48.4 Å². The molecule has 56 valence electrons. The minimum atomic E-state index is 0.569. The first-order valence-electron chi connectivity index (χ1n) is 3.80. The van der Waals surface area contributed by atoms with Crippen LogP contribution in [-0.4, -0.2) is 0 Å². The Balaban J connectivity index is 2.35. The summed E-state index contributed by atoms with van der Waals surface area (Å²) in [7, 11) is 0. The quantitative estimate of drug-likeness (QED) is 0.459. The summed E-state index contributed by atoms with van der Waals surface area (Å²) in [5, 5.41) is 0. The van der Waals surface area contributed by atoms with E-state index in [4.69, 9.17) is 6.42 Å². The van der Waals surface area contributed by atoms with E-state index in [9.17, 15) is 0 Å². The molecule has 0 spiro atoms. The van der Waals surface area contributed by atoms with Gasteiger partial charge in [-0.3, -0.25) is 0 Å². The van der Waals surface area contributed by atoms with Gasteiger partial charge in [0.25, 0.3) is 0 Å². The van der Waals surface area contributed by atoms with E-state index in [1.54, 1.807) is 0 Å². The Kier molecular flexibility index (Phi) is 2.91. The first-order valence-corrected chi connectivity index (χ1v) is 3.80. The zero-order valence-corrected chi connectivity index (χ0v) is 6.94. The zero-order valence-electron chi connectivity index (χ0n) is 6.94. The van der Waals surface area contributed by atoms with Crippen LogP contribution in [0, 0.1) is 59.7 Å². The van der Waals surface area contributed by atoms with Gasteiger partial charge in [0.15, 0.2) is 0 Å². The van der Waals surface area contributed by atoms with E-state index in [0.29, 0.717) is 5.92 Å². The first-order chi connectivity index (χ1) is 5.84. The van der Waals surface area contributed by atoms with Crippen molar-refractivity contribution in [1.82, 2.24) is 0 Å². The van der Waals surface area contributed by atoms with Gasteiger partial charge in [-0.25, -0.2) is 0 Å². The van der Waals surface area contributed by atoms with Crippen molar-refractivity contribution in [3.63, 3.8) is 0 Å². The molecule has 0 bridgehead atoms. The molecule has 2 atom stereocenters. The van der Waals surface area contributed by atoms with Crippen molar-refractivity contribution in [1.29, 1.82) is 0 Å². The summed E-state index contributed by atoms with van der Waals surface area (Å²) in [5.74, 6) is 19.4. The molecule has 1 aliphatic rings. The summed E-state index contributed by atoms with van der Waals surface area (Å²) in [6, 6.07) is 0. The van der Waals surface area contributed by atoms with Crippen LogP contribution in [0.4, 0.5) is 0 Å². The van der Waals surface area contributed by atoms with Crippen molar-refractivity contribution in [3.05, 3.63) is 0 Å². The van der Waals surface area contributed by atoms with Gasteiger partial charge in [-0.1, -0.05) is 12.8 Å². The molecule has 0 heterocycles. The lowest BCUT2D eigenvalue weighted by atomic mass is 10.3. The molecular weight excluding hydrogens is 144 g/mol. The molecule has 1 aliphatic carbocycles. The highest BCUT2D eigenvalue weighted by Crippen LogP contribution is 2.36. The maximum Gasteiger partial charge on any atom is 0.0242 e. The van der Waals surface area contributed by atoms with Crippen LogP contribution in [0.3, 0.4) is 0 Å². The summed E-state index contributed by atoms with van der Waals surface area (Å²) >= 11 is 0. The molecule has 0 heteroatoms. The van der Waals surface area contributed by atoms with Gasteiger partial charge in [-0.05, 0) is 47.9 Å². The van der Waals surface area contributed by atoms with Crippen LogP contribution in [0.25, 0.3) is 0 Å². The number of hydrogen-bond donors (Lipinski definition) is 0. The Morgan fingerprint density at radius 1 is 1.08 bits per heavy atom. The van der Waals surface area contributed by atoms with E-state index in [1.165, 1.54) is 6.42 Å². The third-order valence-electron chi connectivity index (χ3n) is 1.69. The number of terminal acetylenes is 1. The Bertz CT molecular complexity index is 373. The summed E-state index contributed by atoms with van der Waals surface area (Å²) in [4.78, 5) is 0. The Morgan fingerprint density at radius 2 is 1.67 bits per heavy atom. The molecule has 1 rings (SSSR count). The molecule has 0 nitrogen and oxygen atoms in total. The number of hydrogen-bond acceptors (Lipinski definition) is 0. The van der Waals surface area contributed by atoms with Crippen LogP contribution in [-0.2, 0) is 0 Å². The molecule has 0 aromatic carbocycles. The molecule has 0 radical (unpaired) electrons. The van der Waals surface area contributed by atoms with E-state index in [0.717, 1.165) is 5.92 Å². The van der Waals surface area contributed by atoms with Gasteiger partial charge in [0.1, 0.15) is 0 Å². The summed E-state index contributed by atoms with van der Waals surface area (Å²) in [5.41, 5.74) is 0. The predicted molar refractivity (Wildman–Crippen MR) is 49.4 cm³/mol. The average molecular weight is 152 g/mol. The highest BCUT2D eigenvalue weighted by Gasteiger charge is 2.30. The monoisotopic (exact) mass is 152 g/mol. The molecule has 0 aromatic rings. The normalized spacial score (nSPS) is 22.7. The maximum atomic E-state index is 4.89. The second-order valence-electron chi connectivity index (χ2n) is 2.73. The molecule has 0 aliphatic heterocycles. The fourth-order valence-electron chi connectivity index (χ4n) is 0.782. The van der Waals surface area contributed by atoms with E-state index < -0.39 is 0 Å². The van der Waals surface area contributed by atoms with E-state index in [-0.39, 0.29) is 0 Å². The van der Waals surface area contributed by atoms with Crippen molar-refractivity contribution in [2.45, 2.75) is 13.3 Å². The van der Waals surface area contributed by atoms with Crippen molar-refractivity contribution in [3.8, 4) is 47.9 Å². The Hall–Kier alpha value is -1.76. The predicted octanol–water partition coefficient (Wildman–Crippen LogP) is 1.29. The van der Waals surface area contributed by atoms with Gasteiger partial charge in [0.05, 0.1) is 0 Å². The lowest BCUT2D eigenvalue weighted by Gasteiger charge is -1.70. The van der Waals surface area contributed by atoms with Crippen molar-refractivity contribution in [2.24, 2.45) is 11.8 Å². The van der Waals surface area contributed by atoms with Crippen LogP contribution in [0.1, 0.15) is 13.3 Å². The topological polar surface area (TPSA) is 0 Å². The minimum absolute atomic E-state index is 0.569. The van der Waals surface area contributed by atoms with E-state index >= 15 is 0 Å². The van der Waals surface area contributed by atoms with Crippen LogP contribution >= 0.6 is 0 Å². The second kappa shape index (κ2) is 4.19. The van der Waals surface area contributed by atoms with Gasteiger partial charge in [0.2, 0.25) is 0 Å². The molecule has 2 unspecified atom stereocenters. The third kappa shape index (κ3) is 2.88. The fraction of sp³-hybridized carbons (Fsp3) is 0.333. The lowest BCUT2D eigenvalue weighted by molar-refractivity contribution is 0.917. The molecule has 1 saturated carbocycles. The van der Waals surface area contributed by atoms with Gasteiger partial charge >= 0.3 is 0 Å². The smallest absolute Gasteiger partial charge is 0.0242 e. The standard InChI is InChI=1S/C12H8/c1-3-4-5-6-7-8-9-12-10-11(12)2/h1,11-12H,10H2,2H3. The lowest BCUT2D eigenvalue weighted by Crippen LogP contribution is -1.67. The van der Waals surface area contributed by atoms with Crippen molar-refractivity contribution in [2.75, 3.05) is 0 Å². The first kappa shape index (κ1) is 8.34. The van der Waals surface area contributed by atoms with Crippen LogP contribution < -0.4 is 0 Å². The highest BCUT2D eigenvalue weighted by molar-refractivity contribution is 5.39. The van der Waals surface area contributed by atoms with Crippen LogP contribution in [0.2, 0.25) is 0 Å². The molecule has 1 fully saturated rings. The average Bonchev–Trinajstić information content (AvgIpc) is 2.74. The van der Waals surface area contributed by atoms with Crippen molar-refractivity contribution < 1.29 is 0 Å². The molecule has 0 saturated heterocycles.